The quantitative estimate of drug-likeness (QED) is 0.406. The van der Waals surface area contributed by atoms with Crippen LogP contribution in [-0.2, 0) is 9.36 Å². The average Bonchev–Trinajstić information content (AvgIpc) is 2.37. The summed E-state index contributed by atoms with van der Waals surface area (Å²) in [7, 11) is -4.29. The lowest BCUT2D eigenvalue weighted by Crippen LogP contribution is -2.50. The van der Waals surface area contributed by atoms with E-state index in [9.17, 15) is 19.1 Å². The lowest BCUT2D eigenvalue weighted by atomic mass is 10.1. The first-order chi connectivity index (χ1) is 8.88. The Kier molecular flexibility index (Phi) is 12.0. The largest absolute Gasteiger partial charge is 0.347 e. The average molecular weight is 366 g/mol. The van der Waals surface area contributed by atoms with Crippen LogP contribution in [-0.4, -0.2) is 45.5 Å². The topological polar surface area (TPSA) is 130 Å². The summed E-state index contributed by atoms with van der Waals surface area (Å²) < 4.78 is 11.4. The maximum atomic E-state index is 12.2. The molecule has 1 saturated heterocycles. The van der Waals surface area contributed by atoms with Crippen LogP contribution in [0.1, 0.15) is 38.5 Å². The van der Waals surface area contributed by atoms with Gasteiger partial charge in [-0.15, -0.1) is 24.8 Å². The molecule has 0 aliphatic carbocycles. The molecule has 0 aromatic rings. The van der Waals surface area contributed by atoms with E-state index in [2.05, 4.69) is 0 Å². The summed E-state index contributed by atoms with van der Waals surface area (Å²) in [6.07, 6.45) is 3.87. The van der Waals surface area contributed by atoms with Crippen molar-refractivity contribution in [1.82, 2.24) is 4.90 Å². The lowest BCUT2D eigenvalue weighted by molar-refractivity contribution is -0.135. The summed E-state index contributed by atoms with van der Waals surface area (Å²) in [5, 5.41) is 0. The van der Waals surface area contributed by atoms with E-state index in [-0.39, 0.29) is 30.7 Å². The molecule has 7 nitrogen and oxygen atoms in total. The molecule has 1 unspecified atom stereocenters. The third-order valence-electron chi connectivity index (χ3n) is 3.43. The number of halogens is 2. The van der Waals surface area contributed by atoms with Crippen LogP contribution in [0, 0.1) is 0 Å². The summed E-state index contributed by atoms with van der Waals surface area (Å²) in [5.74, 6) is -1.36. The molecule has 0 radical (unpaired) electrons. The van der Waals surface area contributed by atoms with E-state index in [0.29, 0.717) is 25.9 Å². The highest BCUT2D eigenvalue weighted by Gasteiger charge is 2.39. The Morgan fingerprint density at radius 1 is 1.29 bits per heavy atom. The van der Waals surface area contributed by atoms with E-state index >= 15 is 0 Å². The minimum absolute atomic E-state index is 0. The van der Waals surface area contributed by atoms with Crippen molar-refractivity contribution in [3.05, 3.63) is 0 Å². The second kappa shape index (κ2) is 10.8. The summed E-state index contributed by atoms with van der Waals surface area (Å²) in [6.45, 7) is 0.926. The van der Waals surface area contributed by atoms with Gasteiger partial charge in [0.1, 0.15) is 5.78 Å². The third kappa shape index (κ3) is 7.28. The summed E-state index contributed by atoms with van der Waals surface area (Å²) in [6, 6.07) is -0.696. The van der Waals surface area contributed by atoms with Gasteiger partial charge >= 0.3 is 7.60 Å². The molecular weight excluding hydrogens is 340 g/mol. The number of nitrogens with zero attached hydrogens (tertiary/aromatic N) is 1. The molecule has 0 aromatic heterocycles. The van der Waals surface area contributed by atoms with E-state index in [1.54, 1.807) is 0 Å². The van der Waals surface area contributed by atoms with Gasteiger partial charge in [-0.3, -0.25) is 9.36 Å². The van der Waals surface area contributed by atoms with Crippen LogP contribution in [0.25, 0.3) is 0 Å². The molecule has 0 spiro atoms. The predicted molar refractivity (Wildman–Crippen MR) is 86.8 cm³/mol. The number of amides is 1. The molecule has 1 amide bonds. The zero-order valence-electron chi connectivity index (χ0n) is 11.9. The first-order valence-corrected chi connectivity index (χ1v) is 8.37. The maximum Gasteiger partial charge on any atom is 0.347 e. The number of hydrogen-bond donors (Lipinski definition) is 4. The Hall–Kier alpha value is 0.120. The standard InChI is InChI=1S/C11H24N3O4P.2ClH/c12-7-3-1-5-9(13)11(15)14-8-4-2-6-10(14)19(16,17)18;;/h9-10H,1-8,12-13H2,(H2,16,17,18);2*1H/t9-,10?;;/m0../s1. The fraction of sp³-hybridized carbons (Fsp3) is 0.909. The van der Waals surface area contributed by atoms with Crippen molar-refractivity contribution in [2.45, 2.75) is 50.3 Å². The number of likely N-dealkylation sites (tertiary alicyclic amines) is 1. The van der Waals surface area contributed by atoms with Crippen molar-refractivity contribution in [3.8, 4) is 0 Å². The molecular formula is C11H26Cl2N3O4P. The zero-order chi connectivity index (χ0) is 14.5. The number of unbranched alkanes of at least 4 members (excludes halogenated alkanes) is 1. The molecule has 2 atom stereocenters. The molecule has 1 fully saturated rings. The third-order valence-corrected chi connectivity index (χ3v) is 4.74. The van der Waals surface area contributed by atoms with Crippen molar-refractivity contribution < 1.29 is 19.1 Å². The Balaban J connectivity index is 0. The van der Waals surface area contributed by atoms with Crippen LogP contribution in [0.5, 0.6) is 0 Å². The van der Waals surface area contributed by atoms with Gasteiger partial charge in [0.25, 0.3) is 0 Å². The van der Waals surface area contributed by atoms with Crippen LogP contribution in [0.2, 0.25) is 0 Å². The predicted octanol–water partition coefficient (Wildman–Crippen LogP) is 0.803. The van der Waals surface area contributed by atoms with Gasteiger partial charge in [0.05, 0.1) is 6.04 Å². The molecule has 128 valence electrons. The molecule has 0 aromatic carbocycles. The second-order valence-corrected chi connectivity index (χ2v) is 6.76. The van der Waals surface area contributed by atoms with Crippen molar-refractivity contribution in [3.63, 3.8) is 0 Å². The van der Waals surface area contributed by atoms with Gasteiger partial charge in [0, 0.05) is 6.54 Å². The Bertz CT molecular complexity index is 356. The van der Waals surface area contributed by atoms with E-state index in [0.717, 1.165) is 25.7 Å². The molecule has 10 heteroatoms. The molecule has 1 rings (SSSR count). The van der Waals surface area contributed by atoms with E-state index in [4.69, 9.17) is 11.5 Å². The van der Waals surface area contributed by atoms with Crippen molar-refractivity contribution in [2.75, 3.05) is 13.1 Å². The molecule has 1 aliphatic rings. The van der Waals surface area contributed by atoms with E-state index < -0.39 is 19.4 Å². The minimum atomic E-state index is -4.29. The fourth-order valence-corrected chi connectivity index (χ4v) is 3.48. The number of piperidine rings is 1. The normalized spacial score (nSPS) is 20.2. The van der Waals surface area contributed by atoms with Crippen molar-refractivity contribution in [2.24, 2.45) is 11.5 Å². The number of hydrogen-bond acceptors (Lipinski definition) is 4. The Morgan fingerprint density at radius 3 is 2.43 bits per heavy atom. The van der Waals surface area contributed by atoms with Gasteiger partial charge in [0.15, 0.2) is 0 Å². The molecule has 0 bridgehead atoms. The van der Waals surface area contributed by atoms with Crippen LogP contribution in [0.15, 0.2) is 0 Å². The Morgan fingerprint density at radius 2 is 1.90 bits per heavy atom. The summed E-state index contributed by atoms with van der Waals surface area (Å²) in [5.41, 5.74) is 11.2. The van der Waals surface area contributed by atoms with E-state index in [1.807, 2.05) is 0 Å². The Labute approximate surface area is 137 Å². The number of carbonyl (C=O) groups is 1. The highest BCUT2D eigenvalue weighted by Crippen LogP contribution is 2.47. The van der Waals surface area contributed by atoms with Crippen LogP contribution >= 0.6 is 32.4 Å². The highest BCUT2D eigenvalue weighted by atomic mass is 35.5. The number of rotatable bonds is 6. The first kappa shape index (κ1) is 23.4. The molecule has 1 heterocycles. The SMILES string of the molecule is Cl.Cl.NCCCC[C@H](N)C(=O)N1CCCCC1P(=O)(O)O. The van der Waals surface area contributed by atoms with Gasteiger partial charge in [-0.2, -0.15) is 0 Å². The highest BCUT2D eigenvalue weighted by molar-refractivity contribution is 7.52. The monoisotopic (exact) mass is 365 g/mol. The lowest BCUT2D eigenvalue weighted by Gasteiger charge is -2.37. The first-order valence-electron chi connectivity index (χ1n) is 6.69. The molecule has 0 saturated carbocycles. The number of nitrogens with two attached hydrogens (primary N) is 2. The summed E-state index contributed by atoms with van der Waals surface area (Å²) in [4.78, 5) is 32.1. The number of carbonyl (C=O) groups excluding carboxylic acids is 1. The fourth-order valence-electron chi connectivity index (χ4n) is 2.37. The molecule has 6 N–H and O–H groups in total. The second-order valence-electron chi connectivity index (χ2n) is 4.99. The molecule has 1 aliphatic heterocycles. The minimum Gasteiger partial charge on any atom is -0.330 e. The van der Waals surface area contributed by atoms with Gasteiger partial charge in [-0.05, 0) is 38.6 Å². The maximum absolute atomic E-state index is 12.2. The van der Waals surface area contributed by atoms with E-state index in [1.165, 1.54) is 4.90 Å². The van der Waals surface area contributed by atoms with Crippen molar-refractivity contribution in [1.29, 1.82) is 0 Å². The van der Waals surface area contributed by atoms with Gasteiger partial charge in [-0.1, -0.05) is 6.42 Å². The smallest absolute Gasteiger partial charge is 0.330 e. The van der Waals surface area contributed by atoms with Gasteiger partial charge < -0.3 is 26.2 Å². The summed E-state index contributed by atoms with van der Waals surface area (Å²) >= 11 is 0. The van der Waals surface area contributed by atoms with Gasteiger partial charge in [0.2, 0.25) is 5.91 Å². The van der Waals surface area contributed by atoms with Crippen LogP contribution in [0.3, 0.4) is 0 Å². The zero-order valence-corrected chi connectivity index (χ0v) is 14.4. The van der Waals surface area contributed by atoms with Crippen molar-refractivity contribution >= 4 is 38.3 Å². The molecule has 21 heavy (non-hydrogen) atoms. The van der Waals surface area contributed by atoms with Gasteiger partial charge in [-0.25, -0.2) is 0 Å². The van der Waals surface area contributed by atoms with Crippen LogP contribution < -0.4 is 11.5 Å². The van der Waals surface area contributed by atoms with Crippen LogP contribution in [0.4, 0.5) is 0 Å².